The fourth-order valence-electron chi connectivity index (χ4n) is 2.20. The Morgan fingerprint density at radius 2 is 2.00 bits per heavy atom. The van der Waals surface area contributed by atoms with E-state index in [1.54, 1.807) is 6.07 Å². The maximum Gasteiger partial charge on any atom is 0.165 e. The number of hydrogen-bond acceptors (Lipinski definition) is 2. The molecule has 0 heterocycles. The lowest BCUT2D eigenvalue weighted by atomic mass is 9.92. The van der Waals surface area contributed by atoms with Gasteiger partial charge >= 0.3 is 0 Å². The predicted octanol–water partition coefficient (Wildman–Crippen LogP) is 3.88. The van der Waals surface area contributed by atoms with Gasteiger partial charge in [-0.05, 0) is 42.3 Å². The van der Waals surface area contributed by atoms with Crippen LogP contribution in [-0.2, 0) is 6.42 Å². The standard InChI is InChI=1S/C16H17BrFNO/c1-20-16-7-6-11(9-15(16)18)13(10-19)8-12-4-2-3-5-14(12)17/h2-7,9,13H,8,10,19H2,1H3. The van der Waals surface area contributed by atoms with Crippen molar-refractivity contribution in [1.82, 2.24) is 0 Å². The first-order valence-corrected chi connectivity index (χ1v) is 7.22. The van der Waals surface area contributed by atoms with E-state index < -0.39 is 0 Å². The molecule has 4 heteroatoms. The lowest BCUT2D eigenvalue weighted by molar-refractivity contribution is 0.386. The molecule has 2 aromatic carbocycles. The Bertz CT molecular complexity index is 588. The first kappa shape index (κ1) is 15.0. The molecular formula is C16H17BrFNO. The fourth-order valence-corrected chi connectivity index (χ4v) is 2.65. The number of benzene rings is 2. The van der Waals surface area contributed by atoms with Gasteiger partial charge in [-0.2, -0.15) is 0 Å². The van der Waals surface area contributed by atoms with Crippen molar-refractivity contribution in [2.75, 3.05) is 13.7 Å². The number of hydrogen-bond donors (Lipinski definition) is 1. The van der Waals surface area contributed by atoms with Crippen LogP contribution in [0.3, 0.4) is 0 Å². The van der Waals surface area contributed by atoms with Gasteiger partial charge in [-0.15, -0.1) is 0 Å². The van der Waals surface area contributed by atoms with E-state index in [9.17, 15) is 4.39 Å². The lowest BCUT2D eigenvalue weighted by Gasteiger charge is -2.17. The van der Waals surface area contributed by atoms with Gasteiger partial charge in [0.1, 0.15) is 0 Å². The topological polar surface area (TPSA) is 35.2 Å². The molecule has 0 aliphatic rings. The number of rotatable bonds is 5. The van der Waals surface area contributed by atoms with Crippen LogP contribution in [0.5, 0.6) is 5.75 Å². The Morgan fingerprint density at radius 1 is 1.25 bits per heavy atom. The highest BCUT2D eigenvalue weighted by atomic mass is 79.9. The summed E-state index contributed by atoms with van der Waals surface area (Å²) in [5, 5.41) is 0. The molecule has 0 saturated heterocycles. The van der Waals surface area contributed by atoms with E-state index in [-0.39, 0.29) is 17.5 Å². The SMILES string of the molecule is COc1ccc(C(CN)Cc2ccccc2Br)cc1F. The van der Waals surface area contributed by atoms with E-state index in [4.69, 9.17) is 10.5 Å². The second-order valence-electron chi connectivity index (χ2n) is 4.62. The molecule has 0 amide bonds. The lowest BCUT2D eigenvalue weighted by Crippen LogP contribution is -2.15. The molecule has 0 aliphatic carbocycles. The Hall–Kier alpha value is -1.39. The molecule has 2 aromatic rings. The molecule has 0 bridgehead atoms. The van der Waals surface area contributed by atoms with E-state index in [2.05, 4.69) is 15.9 Å². The normalized spacial score (nSPS) is 12.2. The second-order valence-corrected chi connectivity index (χ2v) is 5.48. The molecule has 0 aromatic heterocycles. The maximum absolute atomic E-state index is 13.8. The molecule has 2 N–H and O–H groups in total. The van der Waals surface area contributed by atoms with Crippen LogP contribution in [0.15, 0.2) is 46.9 Å². The van der Waals surface area contributed by atoms with Gasteiger partial charge < -0.3 is 10.5 Å². The maximum atomic E-state index is 13.8. The van der Waals surface area contributed by atoms with E-state index in [1.807, 2.05) is 30.3 Å². The number of halogens is 2. The zero-order valence-electron chi connectivity index (χ0n) is 11.3. The van der Waals surface area contributed by atoms with Crippen molar-refractivity contribution >= 4 is 15.9 Å². The summed E-state index contributed by atoms with van der Waals surface area (Å²) in [5.41, 5.74) is 7.91. The van der Waals surface area contributed by atoms with Gasteiger partial charge in [0.05, 0.1) is 7.11 Å². The Labute approximate surface area is 126 Å². The average Bonchev–Trinajstić information content (AvgIpc) is 2.46. The summed E-state index contributed by atoms with van der Waals surface area (Å²) in [6, 6.07) is 13.0. The van der Waals surface area contributed by atoms with Gasteiger partial charge in [0.25, 0.3) is 0 Å². The number of nitrogens with two attached hydrogens (primary N) is 1. The molecule has 0 saturated carbocycles. The van der Waals surface area contributed by atoms with Crippen molar-refractivity contribution in [2.45, 2.75) is 12.3 Å². The molecule has 106 valence electrons. The van der Waals surface area contributed by atoms with Crippen molar-refractivity contribution in [2.24, 2.45) is 5.73 Å². The van der Waals surface area contributed by atoms with Crippen molar-refractivity contribution in [3.63, 3.8) is 0 Å². The van der Waals surface area contributed by atoms with E-state index >= 15 is 0 Å². The van der Waals surface area contributed by atoms with Crippen molar-refractivity contribution in [3.05, 3.63) is 63.9 Å². The minimum absolute atomic E-state index is 0.0779. The summed E-state index contributed by atoms with van der Waals surface area (Å²) in [7, 11) is 1.46. The first-order valence-electron chi connectivity index (χ1n) is 6.42. The minimum Gasteiger partial charge on any atom is -0.494 e. The molecule has 2 nitrogen and oxygen atoms in total. The van der Waals surface area contributed by atoms with Gasteiger partial charge in [0, 0.05) is 10.4 Å². The van der Waals surface area contributed by atoms with Gasteiger partial charge in [-0.3, -0.25) is 0 Å². The molecule has 0 fully saturated rings. The summed E-state index contributed by atoms with van der Waals surface area (Å²) in [6.07, 6.45) is 0.768. The summed E-state index contributed by atoms with van der Waals surface area (Å²) in [6.45, 7) is 0.465. The highest BCUT2D eigenvalue weighted by molar-refractivity contribution is 9.10. The van der Waals surface area contributed by atoms with E-state index in [0.717, 1.165) is 16.5 Å². The predicted molar refractivity (Wildman–Crippen MR) is 82.6 cm³/mol. The molecule has 0 aliphatic heterocycles. The Balaban J connectivity index is 2.24. The number of ether oxygens (including phenoxy) is 1. The quantitative estimate of drug-likeness (QED) is 0.898. The van der Waals surface area contributed by atoms with Crippen LogP contribution in [-0.4, -0.2) is 13.7 Å². The van der Waals surface area contributed by atoms with Crippen LogP contribution in [0.2, 0.25) is 0 Å². The number of methoxy groups -OCH3 is 1. The fraction of sp³-hybridized carbons (Fsp3) is 0.250. The highest BCUT2D eigenvalue weighted by Gasteiger charge is 2.14. The Kier molecular flexibility index (Phi) is 5.15. The van der Waals surface area contributed by atoms with Crippen LogP contribution in [0.25, 0.3) is 0 Å². The molecule has 0 spiro atoms. The summed E-state index contributed by atoms with van der Waals surface area (Å²) < 4.78 is 19.8. The van der Waals surface area contributed by atoms with Gasteiger partial charge in [0.2, 0.25) is 0 Å². The van der Waals surface area contributed by atoms with Gasteiger partial charge in [-0.25, -0.2) is 4.39 Å². The van der Waals surface area contributed by atoms with Crippen LogP contribution < -0.4 is 10.5 Å². The smallest absolute Gasteiger partial charge is 0.165 e. The molecule has 0 radical (unpaired) electrons. The van der Waals surface area contributed by atoms with Crippen LogP contribution in [0.1, 0.15) is 17.0 Å². The summed E-state index contributed by atoms with van der Waals surface area (Å²) in [5.74, 6) is -0.0184. The van der Waals surface area contributed by atoms with Gasteiger partial charge in [0.15, 0.2) is 11.6 Å². The molecule has 20 heavy (non-hydrogen) atoms. The molecule has 2 rings (SSSR count). The van der Waals surface area contributed by atoms with Crippen LogP contribution in [0.4, 0.5) is 4.39 Å². The average molecular weight is 338 g/mol. The van der Waals surface area contributed by atoms with Crippen molar-refractivity contribution in [3.8, 4) is 5.75 Å². The third-order valence-electron chi connectivity index (χ3n) is 3.36. The second kappa shape index (κ2) is 6.86. The highest BCUT2D eigenvalue weighted by Crippen LogP contribution is 2.27. The van der Waals surface area contributed by atoms with E-state index in [1.165, 1.54) is 18.7 Å². The molecular weight excluding hydrogens is 321 g/mol. The Morgan fingerprint density at radius 3 is 2.60 bits per heavy atom. The zero-order valence-corrected chi connectivity index (χ0v) is 12.9. The largest absolute Gasteiger partial charge is 0.494 e. The van der Waals surface area contributed by atoms with Crippen molar-refractivity contribution in [1.29, 1.82) is 0 Å². The molecule has 1 atom stereocenters. The first-order chi connectivity index (χ1) is 9.65. The zero-order chi connectivity index (χ0) is 14.5. The van der Waals surface area contributed by atoms with Gasteiger partial charge in [-0.1, -0.05) is 40.2 Å². The third-order valence-corrected chi connectivity index (χ3v) is 4.13. The minimum atomic E-state index is -0.351. The monoisotopic (exact) mass is 337 g/mol. The summed E-state index contributed by atoms with van der Waals surface area (Å²) in [4.78, 5) is 0. The third kappa shape index (κ3) is 3.38. The van der Waals surface area contributed by atoms with E-state index in [0.29, 0.717) is 6.54 Å². The van der Waals surface area contributed by atoms with Crippen LogP contribution >= 0.6 is 15.9 Å². The van der Waals surface area contributed by atoms with Crippen molar-refractivity contribution < 1.29 is 9.13 Å². The molecule has 1 unspecified atom stereocenters. The summed E-state index contributed by atoms with van der Waals surface area (Å²) >= 11 is 3.53. The van der Waals surface area contributed by atoms with Crippen LogP contribution in [0, 0.1) is 5.82 Å².